The maximum atomic E-state index is 13.3. The van der Waals surface area contributed by atoms with E-state index in [0.29, 0.717) is 6.08 Å². The summed E-state index contributed by atoms with van der Waals surface area (Å²) in [5, 5.41) is 9.44. The molecule has 0 spiro atoms. The van der Waals surface area contributed by atoms with Crippen LogP contribution >= 0.6 is 23.1 Å². The molecule has 1 saturated heterocycles. The summed E-state index contributed by atoms with van der Waals surface area (Å²) in [5.41, 5.74) is 4.96. The molecule has 3 amide bonds. The molecule has 44 heavy (non-hydrogen) atoms. The molecule has 15 nitrogen and oxygen atoms in total. The Labute approximate surface area is 258 Å². The molecule has 4 N–H and O–H groups in total. The quantitative estimate of drug-likeness (QED) is 0.0965. The van der Waals surface area contributed by atoms with Crippen LogP contribution < -0.4 is 16.4 Å². The minimum absolute atomic E-state index is 0.00712. The second-order valence-electron chi connectivity index (χ2n) is 9.37. The van der Waals surface area contributed by atoms with Gasteiger partial charge < -0.3 is 35.4 Å². The van der Waals surface area contributed by atoms with Gasteiger partial charge in [0.05, 0.1) is 12.1 Å². The smallest absolute Gasteiger partial charge is 0.431 e. The van der Waals surface area contributed by atoms with E-state index in [1.165, 1.54) is 26.3 Å². The van der Waals surface area contributed by atoms with Gasteiger partial charge >= 0.3 is 12.1 Å². The molecule has 1 aromatic rings. The summed E-state index contributed by atoms with van der Waals surface area (Å²) in [5.74, 6) is -3.25. The number of β-lactam (4-membered cyclic amide) rings is 1. The van der Waals surface area contributed by atoms with Gasteiger partial charge in [0.15, 0.2) is 10.8 Å². The van der Waals surface area contributed by atoms with Gasteiger partial charge in [-0.15, -0.1) is 23.1 Å². The van der Waals surface area contributed by atoms with Crippen molar-refractivity contribution in [1.82, 2.24) is 15.2 Å². The zero-order chi connectivity index (χ0) is 32.7. The number of fused-ring (bicyclic) bond motifs is 1. The number of alkyl halides is 2. The summed E-state index contributed by atoms with van der Waals surface area (Å²) in [7, 11) is 1.19. The number of ether oxygens (including phenoxy) is 3. The molecule has 1 aromatic heterocycles. The number of nitrogens with two attached hydrogens (primary N) is 1. The van der Waals surface area contributed by atoms with Crippen molar-refractivity contribution in [2.75, 3.05) is 18.2 Å². The number of esters is 1. The van der Waals surface area contributed by atoms with Crippen LogP contribution in [0.3, 0.4) is 0 Å². The van der Waals surface area contributed by atoms with Gasteiger partial charge in [0.1, 0.15) is 29.9 Å². The van der Waals surface area contributed by atoms with Crippen LogP contribution in [-0.4, -0.2) is 94.6 Å². The average molecular weight is 661 g/mol. The lowest BCUT2D eigenvalue weighted by molar-refractivity contribution is -0.169. The molecule has 0 radical (unpaired) electrons. The van der Waals surface area contributed by atoms with Crippen molar-refractivity contribution in [2.24, 2.45) is 10.9 Å². The number of hydrogen-bond donors (Lipinski definition) is 3. The van der Waals surface area contributed by atoms with E-state index in [2.05, 4.69) is 20.8 Å². The molecule has 0 bridgehead atoms. The summed E-state index contributed by atoms with van der Waals surface area (Å²) in [6.07, 6.45) is -4.37. The van der Waals surface area contributed by atoms with E-state index in [1.54, 1.807) is 13.8 Å². The highest BCUT2D eigenvalue weighted by molar-refractivity contribution is 8.00. The Kier molecular flexibility index (Phi) is 11.8. The number of nitrogens with one attached hydrogen (secondary N) is 2. The van der Waals surface area contributed by atoms with Crippen molar-refractivity contribution in [3.8, 4) is 0 Å². The molecule has 240 valence electrons. The summed E-state index contributed by atoms with van der Waals surface area (Å²) < 4.78 is 40.7. The van der Waals surface area contributed by atoms with Crippen LogP contribution in [0.2, 0.25) is 0 Å². The van der Waals surface area contributed by atoms with E-state index in [-0.39, 0.29) is 33.6 Å². The molecule has 0 aromatic carbocycles. The molecular formula is C25H30F2N6O9S2. The van der Waals surface area contributed by atoms with E-state index in [4.69, 9.17) is 24.8 Å². The number of allylic oxidation sites excluding steroid dienone is 2. The fraction of sp³-hybridized carbons (Fsp3) is 0.480. The monoisotopic (exact) mass is 660 g/mol. The molecule has 2 aliphatic rings. The van der Waals surface area contributed by atoms with Gasteiger partial charge in [-0.3, -0.25) is 19.3 Å². The Morgan fingerprint density at radius 2 is 1.89 bits per heavy atom. The van der Waals surface area contributed by atoms with Crippen LogP contribution in [0.1, 0.15) is 33.4 Å². The second kappa shape index (κ2) is 15.1. The summed E-state index contributed by atoms with van der Waals surface area (Å²) in [4.78, 5) is 73.1. The topological polar surface area (TPSA) is 201 Å². The SMILES string of the molecule is CO/N=C(\C(=O)N[C@@H]1C(=O)N2C(C(=O)OC(C)OC(=O)OC(C)C)=C(/C=C/C(F)F)CS[C@H]12)c1csc(NC(=O)[C@H](C)N)n1. The van der Waals surface area contributed by atoms with Crippen molar-refractivity contribution in [3.63, 3.8) is 0 Å². The maximum Gasteiger partial charge on any atom is 0.511 e. The molecule has 3 heterocycles. The molecule has 2 aliphatic heterocycles. The van der Waals surface area contributed by atoms with E-state index < -0.39 is 66.1 Å². The van der Waals surface area contributed by atoms with Crippen LogP contribution in [0, 0.1) is 0 Å². The highest BCUT2D eigenvalue weighted by Gasteiger charge is 2.54. The van der Waals surface area contributed by atoms with E-state index in [9.17, 15) is 32.8 Å². The number of hydrogen-bond acceptors (Lipinski definition) is 14. The normalized spacial score (nSPS) is 19.7. The van der Waals surface area contributed by atoms with E-state index in [1.807, 2.05) is 0 Å². The molecule has 4 atom stereocenters. The number of halogens is 2. The van der Waals surface area contributed by atoms with Crippen molar-refractivity contribution < 1.29 is 51.8 Å². The number of thioether (sulfide) groups is 1. The van der Waals surface area contributed by atoms with Gasteiger partial charge in [0, 0.05) is 18.1 Å². The van der Waals surface area contributed by atoms with Crippen molar-refractivity contribution in [2.45, 2.75) is 64.0 Å². The number of nitrogens with zero attached hydrogens (tertiary/aromatic N) is 3. The van der Waals surface area contributed by atoms with Crippen LogP contribution in [0.15, 0.2) is 34.0 Å². The zero-order valence-electron chi connectivity index (χ0n) is 24.1. The van der Waals surface area contributed by atoms with Crippen LogP contribution in [-0.2, 0) is 38.2 Å². The molecular weight excluding hydrogens is 630 g/mol. The standard InChI is InChI=1S/C25H30F2N6O9S2/c1-10(2)40-25(38)42-12(4)41-23(37)18-13(6-7-15(26)27)8-43-22-17(21(36)33(18)22)30-20(35)16(32-39-5)14-9-44-24(29-14)31-19(34)11(3)28/h6-7,9-12,15,17,22H,8,28H2,1-5H3,(H,30,35)(H,29,31,34)/b7-6+,32-16-/t11-,12?,17+,22+/m0/s1. The fourth-order valence-corrected chi connectivity index (χ4v) is 5.72. The zero-order valence-corrected chi connectivity index (χ0v) is 25.7. The third-order valence-electron chi connectivity index (χ3n) is 5.58. The number of amides is 3. The lowest BCUT2D eigenvalue weighted by Crippen LogP contribution is -2.71. The van der Waals surface area contributed by atoms with Crippen molar-refractivity contribution in [3.05, 3.63) is 34.5 Å². The first-order valence-electron chi connectivity index (χ1n) is 12.9. The largest absolute Gasteiger partial charge is 0.511 e. The van der Waals surface area contributed by atoms with E-state index >= 15 is 0 Å². The van der Waals surface area contributed by atoms with Gasteiger partial charge in [0.25, 0.3) is 18.2 Å². The van der Waals surface area contributed by atoms with Gasteiger partial charge in [0.2, 0.25) is 12.2 Å². The molecule has 1 fully saturated rings. The van der Waals surface area contributed by atoms with Gasteiger partial charge in [-0.25, -0.2) is 23.4 Å². The van der Waals surface area contributed by atoms with Gasteiger partial charge in [-0.05, 0) is 32.4 Å². The van der Waals surface area contributed by atoms with Gasteiger partial charge in [-0.2, -0.15) is 0 Å². The van der Waals surface area contributed by atoms with Crippen LogP contribution in [0.4, 0.5) is 18.7 Å². The number of rotatable bonds is 12. The summed E-state index contributed by atoms with van der Waals surface area (Å²) in [6, 6.07) is -1.97. The van der Waals surface area contributed by atoms with Crippen LogP contribution in [0.25, 0.3) is 0 Å². The molecule has 19 heteroatoms. The highest BCUT2D eigenvalue weighted by atomic mass is 32.2. The predicted molar refractivity (Wildman–Crippen MR) is 153 cm³/mol. The second-order valence-corrected chi connectivity index (χ2v) is 11.3. The third kappa shape index (κ3) is 8.50. The lowest BCUT2D eigenvalue weighted by atomic mass is 10.0. The van der Waals surface area contributed by atoms with E-state index in [0.717, 1.165) is 34.1 Å². The molecule has 3 rings (SSSR count). The first-order chi connectivity index (χ1) is 20.7. The fourth-order valence-electron chi connectivity index (χ4n) is 3.70. The summed E-state index contributed by atoms with van der Waals surface area (Å²) >= 11 is 2.09. The maximum absolute atomic E-state index is 13.3. The summed E-state index contributed by atoms with van der Waals surface area (Å²) in [6.45, 7) is 5.87. The first kappa shape index (κ1) is 34.4. The van der Waals surface area contributed by atoms with Crippen LogP contribution in [0.5, 0.6) is 0 Å². The molecule has 0 aliphatic carbocycles. The van der Waals surface area contributed by atoms with Crippen molar-refractivity contribution >= 4 is 63.8 Å². The third-order valence-corrected chi connectivity index (χ3v) is 7.64. The number of carbonyl (C=O) groups is 5. The minimum atomic E-state index is -2.84. The Morgan fingerprint density at radius 3 is 2.50 bits per heavy atom. The lowest BCUT2D eigenvalue weighted by Gasteiger charge is -2.49. The number of aromatic nitrogens is 1. The number of thiazole rings is 1. The number of oxime groups is 1. The Bertz CT molecular complexity index is 1380. The predicted octanol–water partition coefficient (Wildman–Crippen LogP) is 1.71. The number of anilines is 1. The molecule has 1 unspecified atom stereocenters. The number of carbonyl (C=O) groups excluding carboxylic acids is 5. The van der Waals surface area contributed by atoms with Gasteiger partial charge in [-0.1, -0.05) is 11.2 Å². The Hall–Kier alpha value is -4.10. The highest BCUT2D eigenvalue weighted by Crippen LogP contribution is 2.41. The average Bonchev–Trinajstić information content (AvgIpc) is 3.39. The Morgan fingerprint density at radius 1 is 1.18 bits per heavy atom. The minimum Gasteiger partial charge on any atom is -0.431 e. The first-order valence-corrected chi connectivity index (χ1v) is 14.8. The molecule has 0 saturated carbocycles. The Balaban J connectivity index is 1.78. The van der Waals surface area contributed by atoms with Crippen molar-refractivity contribution in [1.29, 1.82) is 0 Å².